The maximum absolute atomic E-state index is 11.5. The molecular formula is C14H18N2O4Pt. The largest absolute Gasteiger partial charge is 0.478 e. The number of carboxylic acids is 2. The Labute approximate surface area is 136 Å². The van der Waals surface area contributed by atoms with Crippen molar-refractivity contribution in [2.45, 2.75) is 37.3 Å². The van der Waals surface area contributed by atoms with Gasteiger partial charge in [-0.2, -0.15) is 0 Å². The minimum absolute atomic E-state index is 0. The first-order chi connectivity index (χ1) is 9.38. The van der Waals surface area contributed by atoms with Crippen LogP contribution in [0.2, 0.25) is 0 Å². The van der Waals surface area contributed by atoms with Gasteiger partial charge in [0.05, 0.1) is 16.7 Å². The van der Waals surface area contributed by atoms with E-state index in [2.05, 4.69) is 0 Å². The Bertz CT molecular complexity index is 564. The molecule has 0 radical (unpaired) electrons. The summed E-state index contributed by atoms with van der Waals surface area (Å²) >= 11 is 0. The fourth-order valence-corrected chi connectivity index (χ4v) is 2.91. The second-order valence-electron chi connectivity index (χ2n) is 5.23. The molecule has 0 saturated heterocycles. The smallest absolute Gasteiger partial charge is 0.336 e. The third-order valence-corrected chi connectivity index (χ3v) is 4.03. The second kappa shape index (κ2) is 6.69. The van der Waals surface area contributed by atoms with Crippen molar-refractivity contribution >= 4 is 11.9 Å². The van der Waals surface area contributed by atoms with E-state index in [-0.39, 0.29) is 38.2 Å². The van der Waals surface area contributed by atoms with Crippen LogP contribution in [-0.2, 0) is 26.6 Å². The maximum Gasteiger partial charge on any atom is 0.336 e. The summed E-state index contributed by atoms with van der Waals surface area (Å²) in [5.74, 6) is -2.57. The van der Waals surface area contributed by atoms with Crippen molar-refractivity contribution in [1.29, 1.82) is 0 Å². The molecule has 1 aromatic carbocycles. The van der Waals surface area contributed by atoms with E-state index in [4.69, 9.17) is 16.6 Å². The van der Waals surface area contributed by atoms with E-state index in [0.29, 0.717) is 18.4 Å². The molecule has 0 spiro atoms. The maximum atomic E-state index is 11.5. The van der Waals surface area contributed by atoms with Crippen molar-refractivity contribution in [2.24, 2.45) is 11.5 Å². The Morgan fingerprint density at radius 3 is 2.38 bits per heavy atom. The van der Waals surface area contributed by atoms with Crippen LogP contribution in [0.5, 0.6) is 0 Å². The van der Waals surface area contributed by atoms with Gasteiger partial charge in [0.25, 0.3) is 0 Å². The van der Waals surface area contributed by atoms with E-state index in [1.54, 1.807) is 6.07 Å². The van der Waals surface area contributed by atoms with E-state index < -0.39 is 17.5 Å². The molecule has 0 aliphatic heterocycles. The van der Waals surface area contributed by atoms with Crippen molar-refractivity contribution in [1.82, 2.24) is 0 Å². The molecule has 0 heterocycles. The molecular weight excluding hydrogens is 455 g/mol. The summed E-state index contributed by atoms with van der Waals surface area (Å²) < 4.78 is 0. The van der Waals surface area contributed by atoms with Crippen LogP contribution < -0.4 is 11.5 Å². The molecule has 118 valence electrons. The summed E-state index contributed by atoms with van der Waals surface area (Å²) in [5, 5.41) is 18.5. The standard InChI is InChI=1S/C14H18N2O4.Pt/c15-10-6-1-2-7-14(10,16)9-5-3-4-8(12(17)18)11(9)13(19)20;/h3-5,10H,1-2,6-7,15-16H2,(H,17,18)(H,19,20);. The van der Waals surface area contributed by atoms with Crippen molar-refractivity contribution in [2.75, 3.05) is 0 Å². The van der Waals surface area contributed by atoms with Crippen LogP contribution in [-0.4, -0.2) is 28.2 Å². The first-order valence-corrected chi connectivity index (χ1v) is 6.52. The average Bonchev–Trinajstić information content (AvgIpc) is 2.41. The number of carboxylic acid groups (broad SMARTS) is 2. The Hall–Kier alpha value is -1.23. The molecule has 0 amide bonds. The summed E-state index contributed by atoms with van der Waals surface area (Å²) in [4.78, 5) is 22.7. The molecule has 1 saturated carbocycles. The number of rotatable bonds is 3. The summed E-state index contributed by atoms with van der Waals surface area (Å²) in [6.07, 6.45) is 3.05. The number of aromatic carboxylic acids is 2. The van der Waals surface area contributed by atoms with Gasteiger partial charge >= 0.3 is 11.9 Å². The zero-order valence-electron chi connectivity index (χ0n) is 11.3. The molecule has 2 atom stereocenters. The van der Waals surface area contributed by atoms with Gasteiger partial charge in [-0.3, -0.25) is 0 Å². The summed E-state index contributed by atoms with van der Waals surface area (Å²) in [6.45, 7) is 0. The zero-order valence-corrected chi connectivity index (χ0v) is 13.6. The van der Waals surface area contributed by atoms with E-state index >= 15 is 0 Å². The van der Waals surface area contributed by atoms with E-state index in [0.717, 1.165) is 12.8 Å². The number of carbonyl (C=O) groups is 2. The quantitative estimate of drug-likeness (QED) is 0.522. The van der Waals surface area contributed by atoms with Gasteiger partial charge in [0.1, 0.15) is 0 Å². The van der Waals surface area contributed by atoms with Crippen LogP contribution in [0.25, 0.3) is 0 Å². The summed E-state index contributed by atoms with van der Waals surface area (Å²) in [5.41, 5.74) is 11.3. The van der Waals surface area contributed by atoms with Gasteiger partial charge in [0.15, 0.2) is 0 Å². The van der Waals surface area contributed by atoms with Crippen LogP contribution in [0.3, 0.4) is 0 Å². The zero-order chi connectivity index (χ0) is 14.9. The van der Waals surface area contributed by atoms with Gasteiger partial charge in [0, 0.05) is 27.1 Å². The molecule has 1 aliphatic rings. The van der Waals surface area contributed by atoms with Gasteiger partial charge in [0.2, 0.25) is 0 Å². The van der Waals surface area contributed by atoms with Gasteiger partial charge < -0.3 is 21.7 Å². The minimum atomic E-state index is -1.29. The third-order valence-electron chi connectivity index (χ3n) is 4.03. The van der Waals surface area contributed by atoms with Crippen molar-refractivity contribution in [3.05, 3.63) is 34.9 Å². The number of benzene rings is 1. The molecule has 21 heavy (non-hydrogen) atoms. The predicted octanol–water partition coefficient (Wildman–Crippen LogP) is 1.14. The van der Waals surface area contributed by atoms with E-state index in [1.165, 1.54) is 12.1 Å². The Morgan fingerprint density at radius 1 is 1.19 bits per heavy atom. The first kappa shape index (κ1) is 17.8. The normalized spacial score (nSPS) is 25.0. The van der Waals surface area contributed by atoms with Crippen LogP contribution >= 0.6 is 0 Å². The molecule has 1 aromatic rings. The van der Waals surface area contributed by atoms with Gasteiger partial charge in [-0.05, 0) is 24.5 Å². The second-order valence-corrected chi connectivity index (χ2v) is 5.23. The number of nitrogens with two attached hydrogens (primary N) is 2. The van der Waals surface area contributed by atoms with Crippen LogP contribution in [0.1, 0.15) is 52.0 Å². The molecule has 1 fully saturated rings. The average molecular weight is 473 g/mol. The molecule has 2 unspecified atom stereocenters. The Kier molecular flexibility index (Phi) is 5.67. The Balaban J connectivity index is 0.00000220. The summed E-state index contributed by atoms with van der Waals surface area (Å²) in [6, 6.07) is 3.98. The summed E-state index contributed by atoms with van der Waals surface area (Å²) in [7, 11) is 0. The molecule has 6 nitrogen and oxygen atoms in total. The monoisotopic (exact) mass is 473 g/mol. The Morgan fingerprint density at radius 2 is 1.86 bits per heavy atom. The van der Waals surface area contributed by atoms with Crippen molar-refractivity contribution < 1.29 is 40.9 Å². The van der Waals surface area contributed by atoms with Gasteiger partial charge in [-0.1, -0.05) is 25.0 Å². The SMILES string of the molecule is NC1CCCCC1(N)c1cccc(C(=O)O)c1C(=O)O.[Pt]. The number of hydrogen-bond acceptors (Lipinski definition) is 4. The molecule has 7 heteroatoms. The minimum Gasteiger partial charge on any atom is -0.478 e. The number of hydrogen-bond donors (Lipinski definition) is 4. The van der Waals surface area contributed by atoms with Crippen LogP contribution in [0.15, 0.2) is 18.2 Å². The van der Waals surface area contributed by atoms with Crippen molar-refractivity contribution in [3.63, 3.8) is 0 Å². The van der Waals surface area contributed by atoms with Gasteiger partial charge in [-0.15, -0.1) is 0 Å². The fourth-order valence-electron chi connectivity index (χ4n) is 2.91. The van der Waals surface area contributed by atoms with E-state index in [9.17, 15) is 14.7 Å². The third kappa shape index (κ3) is 3.18. The van der Waals surface area contributed by atoms with E-state index in [1.807, 2.05) is 0 Å². The molecule has 2 rings (SSSR count). The molecule has 1 aliphatic carbocycles. The molecule has 0 aromatic heterocycles. The molecule has 6 N–H and O–H groups in total. The van der Waals surface area contributed by atoms with Crippen LogP contribution in [0.4, 0.5) is 0 Å². The van der Waals surface area contributed by atoms with Gasteiger partial charge in [-0.25, -0.2) is 9.59 Å². The molecule has 0 bridgehead atoms. The topological polar surface area (TPSA) is 127 Å². The predicted molar refractivity (Wildman–Crippen MR) is 72.7 cm³/mol. The first-order valence-electron chi connectivity index (χ1n) is 6.52. The fraction of sp³-hybridized carbons (Fsp3) is 0.429. The van der Waals surface area contributed by atoms with Crippen LogP contribution in [0, 0.1) is 0 Å². The van der Waals surface area contributed by atoms with Crippen molar-refractivity contribution in [3.8, 4) is 0 Å².